The number of carboxylic acids is 1. The molecule has 4 aromatic heterocycles. The number of H-pyrrole nitrogens is 2. The first-order chi connectivity index (χ1) is 30.1. The third-order valence-corrected chi connectivity index (χ3v) is 8.81. The number of fused-ring (bicyclic) bond motifs is 2. The van der Waals surface area contributed by atoms with Gasteiger partial charge in [0.15, 0.2) is 28.3 Å². The fraction of sp³-hybridized carbons (Fsp3) is 0.500. The molecule has 4 aromatic rings. The number of alkyl halides is 4. The number of esters is 2. The van der Waals surface area contributed by atoms with Gasteiger partial charge in [0.1, 0.15) is 38.6 Å². The molecule has 64 heavy (non-hydrogen) atoms. The van der Waals surface area contributed by atoms with Gasteiger partial charge < -0.3 is 58.0 Å². The number of nitrogen functional groups attached to an aromatic ring is 2. The van der Waals surface area contributed by atoms with Crippen molar-refractivity contribution in [2.75, 3.05) is 61.8 Å². The predicted molar refractivity (Wildman–Crippen MR) is 221 cm³/mol. The molecule has 0 aliphatic rings. The van der Waals surface area contributed by atoms with Gasteiger partial charge in [-0.15, -0.1) is 23.4 Å². The number of hydrogen-bond donors (Lipinski definition) is 9. The number of halogens is 4. The summed E-state index contributed by atoms with van der Waals surface area (Å²) in [4.78, 5) is 103. The van der Waals surface area contributed by atoms with Gasteiger partial charge in [-0.25, -0.2) is 14.8 Å². The van der Waals surface area contributed by atoms with Crippen LogP contribution in [-0.2, 0) is 56.4 Å². The molecule has 0 saturated carbocycles. The molecule has 0 radical (unpaired) electrons. The molecule has 354 valence electrons. The number of thioether (sulfide) groups is 1. The predicted octanol–water partition coefficient (Wildman–Crippen LogP) is -2.30. The summed E-state index contributed by atoms with van der Waals surface area (Å²) in [6.07, 6.45) is -1.51. The number of rotatable bonds is 22. The first kappa shape index (κ1) is 53.4. The molecule has 14 N–H and O–H groups in total. The largest absolute Gasteiger partial charge is 0.490 e. The number of carboxylic acid groups (broad SMARTS) is 1. The fourth-order valence-electron chi connectivity index (χ4n) is 4.46. The summed E-state index contributed by atoms with van der Waals surface area (Å²) in [6, 6.07) is -0.840. The SMILES string of the molecule is C[C@@H](CSCC(=O)OCCOCn1cnc2c(=O)[nH]c(N)nc21)C(=O)N[C@H](CCCN=C(N)N)C(N)=O.Nc1nc2c(ncn2COCCOC(=O)CCl)c(=O)[nH]1.O=C(O)C(F)(F)F. The number of carbonyl (C=O) groups is 5. The fourth-order valence-corrected chi connectivity index (χ4v) is 5.41. The molecule has 4 heterocycles. The summed E-state index contributed by atoms with van der Waals surface area (Å²) >= 11 is 6.48. The lowest BCUT2D eigenvalue weighted by Crippen LogP contribution is -2.46. The lowest BCUT2D eigenvalue weighted by Gasteiger charge is -2.18. The van der Waals surface area contributed by atoms with Crippen molar-refractivity contribution in [1.29, 1.82) is 0 Å². The molecule has 32 heteroatoms. The normalized spacial score (nSPS) is 11.9. The van der Waals surface area contributed by atoms with E-state index in [0.717, 1.165) is 0 Å². The number of hydrogen-bond acceptors (Lipinski definition) is 19. The highest BCUT2D eigenvalue weighted by Crippen LogP contribution is 2.13. The molecule has 2 atom stereocenters. The van der Waals surface area contributed by atoms with E-state index < -0.39 is 53.1 Å². The molecule has 0 spiro atoms. The third-order valence-electron chi connectivity index (χ3n) is 7.42. The van der Waals surface area contributed by atoms with Gasteiger partial charge in [-0.2, -0.15) is 23.1 Å². The zero-order chi connectivity index (χ0) is 48.0. The Morgan fingerprint density at radius 1 is 0.891 bits per heavy atom. The summed E-state index contributed by atoms with van der Waals surface area (Å²) in [7, 11) is 0. The van der Waals surface area contributed by atoms with E-state index >= 15 is 0 Å². The van der Waals surface area contributed by atoms with Crippen LogP contribution in [0.1, 0.15) is 19.8 Å². The van der Waals surface area contributed by atoms with E-state index in [-0.39, 0.29) is 92.0 Å². The Balaban J connectivity index is 0.000000431. The number of guanidine groups is 1. The van der Waals surface area contributed by atoms with Gasteiger partial charge in [-0.05, 0) is 12.8 Å². The second-order valence-corrected chi connectivity index (χ2v) is 13.8. The van der Waals surface area contributed by atoms with Crippen LogP contribution in [0.5, 0.6) is 0 Å². The average Bonchev–Trinajstić information content (AvgIpc) is 3.82. The maximum absolute atomic E-state index is 12.4. The topological polar surface area (TPSA) is 424 Å². The number of aliphatic imine (C=N–C) groups is 1. The molecule has 2 amide bonds. The van der Waals surface area contributed by atoms with Crippen molar-refractivity contribution < 1.29 is 61.2 Å². The Labute approximate surface area is 366 Å². The molecule has 27 nitrogen and oxygen atoms in total. The molecule has 0 aliphatic heterocycles. The minimum Gasteiger partial charge on any atom is -0.475 e. The maximum atomic E-state index is 12.4. The van der Waals surface area contributed by atoms with Crippen LogP contribution in [-0.4, -0.2) is 142 Å². The zero-order valence-corrected chi connectivity index (χ0v) is 35.2. The maximum Gasteiger partial charge on any atom is 0.490 e. The third kappa shape index (κ3) is 19.1. The summed E-state index contributed by atoms with van der Waals surface area (Å²) in [5.74, 6) is -5.13. The van der Waals surface area contributed by atoms with E-state index in [0.29, 0.717) is 30.8 Å². The number of nitrogens with zero attached hydrogens (tertiary/aromatic N) is 7. The van der Waals surface area contributed by atoms with Gasteiger partial charge in [-0.3, -0.25) is 52.9 Å². The molecule has 0 saturated heterocycles. The first-order valence-electron chi connectivity index (χ1n) is 18.1. The highest BCUT2D eigenvalue weighted by Gasteiger charge is 2.38. The van der Waals surface area contributed by atoms with Crippen LogP contribution in [0.25, 0.3) is 22.3 Å². The molecule has 0 unspecified atom stereocenters. The van der Waals surface area contributed by atoms with E-state index in [1.807, 2.05) is 0 Å². The van der Waals surface area contributed by atoms with Crippen LogP contribution in [0.15, 0.2) is 27.2 Å². The van der Waals surface area contributed by atoms with Crippen molar-refractivity contribution in [3.8, 4) is 0 Å². The van der Waals surface area contributed by atoms with Gasteiger partial charge >= 0.3 is 24.1 Å². The number of aromatic nitrogens is 8. The smallest absolute Gasteiger partial charge is 0.475 e. The number of nitrogens with two attached hydrogens (primary N) is 5. The number of aliphatic carboxylic acids is 1. The quantitative estimate of drug-likeness (QED) is 0.0131. The molecule has 4 rings (SSSR count). The van der Waals surface area contributed by atoms with Crippen LogP contribution in [0, 0.1) is 5.92 Å². The number of amides is 2. The summed E-state index contributed by atoms with van der Waals surface area (Å²) in [6.45, 7) is 2.51. The molecule has 0 bridgehead atoms. The number of ether oxygens (including phenoxy) is 4. The molecular weight excluding hydrogens is 911 g/mol. The van der Waals surface area contributed by atoms with Gasteiger partial charge in [-0.1, -0.05) is 6.92 Å². The average molecular weight is 956 g/mol. The highest BCUT2D eigenvalue weighted by atomic mass is 35.5. The van der Waals surface area contributed by atoms with Crippen LogP contribution in [0.4, 0.5) is 25.1 Å². The summed E-state index contributed by atoms with van der Waals surface area (Å²) in [5.41, 5.74) is 26.9. The molecule has 0 fully saturated rings. The minimum absolute atomic E-state index is 0.000271. The Hall–Kier alpha value is -6.73. The Morgan fingerprint density at radius 3 is 1.81 bits per heavy atom. The number of primary amides is 1. The Morgan fingerprint density at radius 2 is 1.38 bits per heavy atom. The van der Waals surface area contributed by atoms with Gasteiger partial charge in [0.25, 0.3) is 11.1 Å². The number of anilines is 2. The highest BCUT2D eigenvalue weighted by molar-refractivity contribution is 7.99. The van der Waals surface area contributed by atoms with E-state index in [1.54, 1.807) is 6.92 Å². The van der Waals surface area contributed by atoms with Crippen LogP contribution in [0.2, 0.25) is 0 Å². The van der Waals surface area contributed by atoms with Crippen molar-refractivity contribution in [1.82, 2.24) is 44.4 Å². The number of nitrogens with one attached hydrogen (secondary N) is 3. The molecule has 0 aliphatic carbocycles. The van der Waals surface area contributed by atoms with E-state index in [2.05, 4.69) is 40.2 Å². The second kappa shape index (κ2) is 26.7. The van der Waals surface area contributed by atoms with Crippen LogP contribution < -0.4 is 45.1 Å². The van der Waals surface area contributed by atoms with Crippen molar-refractivity contribution in [3.05, 3.63) is 33.4 Å². The van der Waals surface area contributed by atoms with Crippen LogP contribution >= 0.6 is 23.4 Å². The van der Waals surface area contributed by atoms with Crippen molar-refractivity contribution in [2.45, 2.75) is 45.4 Å². The Bertz CT molecular complexity index is 2340. The summed E-state index contributed by atoms with van der Waals surface area (Å²) in [5, 5.41) is 9.74. The Kier molecular flexibility index (Phi) is 22.3. The number of aromatic amines is 2. The van der Waals surface area contributed by atoms with Crippen LogP contribution in [0.3, 0.4) is 0 Å². The van der Waals surface area contributed by atoms with Crippen molar-refractivity contribution in [3.63, 3.8) is 0 Å². The minimum atomic E-state index is -5.08. The zero-order valence-electron chi connectivity index (χ0n) is 33.7. The van der Waals surface area contributed by atoms with E-state index in [4.69, 9.17) is 69.1 Å². The van der Waals surface area contributed by atoms with E-state index in [9.17, 15) is 41.9 Å². The van der Waals surface area contributed by atoms with E-state index in [1.165, 1.54) is 33.6 Å². The number of carbonyl (C=O) groups excluding carboxylic acids is 4. The summed E-state index contributed by atoms with van der Waals surface area (Å²) < 4.78 is 55.3. The standard InChI is InChI=1S/C20H32N10O6S.C10H12ClN5O4.C2HF3O2/c1-11(17(33)27-12(15(21)32)3-2-4-25-19(22)23)7-37-8-13(31)36-6-5-35-10-30-9-26-14-16(30)28-20(24)29-18(14)34;11-3-6(17)20-2-1-19-5-16-4-13-7-8(16)14-10(12)15-9(7)18;3-2(4,5)1(6)7/h9,11-12H,2-8,10H2,1H3,(H2,21,32)(H,27,33)(H4,22,23,25)(H3,24,28,29,34);4H,1-3,5H2,(H3,12,14,15,18);(H,6,7)/t11-,12+;;/m0../s1. The van der Waals surface area contributed by atoms with Gasteiger partial charge in [0.2, 0.25) is 23.7 Å². The second-order valence-electron chi connectivity index (χ2n) is 12.5. The van der Waals surface area contributed by atoms with Gasteiger partial charge in [0.05, 0.1) is 31.6 Å². The lowest BCUT2D eigenvalue weighted by molar-refractivity contribution is -0.192. The van der Waals surface area contributed by atoms with Crippen molar-refractivity contribution >= 4 is 93.3 Å². The molecule has 0 aromatic carbocycles. The monoisotopic (exact) mass is 955 g/mol. The first-order valence-corrected chi connectivity index (χ1v) is 19.8. The molecular formula is C32H45ClF3N15O12S. The number of imidazole rings is 2. The van der Waals surface area contributed by atoms with Crippen molar-refractivity contribution in [2.24, 2.45) is 28.1 Å². The van der Waals surface area contributed by atoms with Gasteiger partial charge in [0, 0.05) is 18.2 Å². The lowest BCUT2D eigenvalue weighted by atomic mass is 10.1.